The third-order valence-electron chi connectivity index (χ3n) is 5.95. The Kier molecular flexibility index (Phi) is 5.72. The van der Waals surface area contributed by atoms with Crippen molar-refractivity contribution in [1.29, 1.82) is 0 Å². The van der Waals surface area contributed by atoms with Gasteiger partial charge in [-0.1, -0.05) is 24.3 Å². The Morgan fingerprint density at radius 3 is 2.56 bits per heavy atom. The number of nitrogens with zero attached hydrogens (tertiary/aromatic N) is 4. The molecule has 0 N–H and O–H groups in total. The molecule has 1 unspecified atom stereocenters. The molecule has 2 aromatic rings. The molecule has 1 atom stereocenters. The molecular weight excluding hydrogens is 336 g/mol. The van der Waals surface area contributed by atoms with E-state index in [1.807, 2.05) is 12.3 Å². The lowest BCUT2D eigenvalue weighted by Gasteiger charge is -2.39. The maximum atomic E-state index is 5.71. The van der Waals surface area contributed by atoms with E-state index in [1.54, 1.807) is 7.11 Å². The Bertz CT molecular complexity index is 757. The van der Waals surface area contributed by atoms with Gasteiger partial charge in [0, 0.05) is 69.7 Å². The minimum absolute atomic E-state index is 0.214. The number of rotatable bonds is 5. The van der Waals surface area contributed by atoms with Crippen molar-refractivity contribution in [1.82, 2.24) is 19.7 Å². The number of para-hydroxylation sites is 1. The van der Waals surface area contributed by atoms with Gasteiger partial charge in [-0.2, -0.15) is 0 Å². The normalized spacial score (nSPS) is 21.8. The fourth-order valence-electron chi connectivity index (χ4n) is 4.32. The number of pyridine rings is 1. The van der Waals surface area contributed by atoms with Crippen molar-refractivity contribution < 1.29 is 4.74 Å². The van der Waals surface area contributed by atoms with Gasteiger partial charge in [-0.15, -0.1) is 0 Å². The molecule has 3 heterocycles. The fourth-order valence-corrected chi connectivity index (χ4v) is 4.32. The van der Waals surface area contributed by atoms with Crippen LogP contribution in [0.4, 0.5) is 0 Å². The first-order chi connectivity index (χ1) is 13.3. The van der Waals surface area contributed by atoms with Crippen LogP contribution in [0.15, 0.2) is 42.6 Å². The first-order valence-corrected chi connectivity index (χ1v) is 9.98. The average molecular weight is 367 g/mol. The van der Waals surface area contributed by atoms with Crippen LogP contribution in [-0.2, 0) is 6.42 Å². The van der Waals surface area contributed by atoms with Gasteiger partial charge in [0.05, 0.1) is 13.2 Å². The van der Waals surface area contributed by atoms with Crippen LogP contribution >= 0.6 is 0 Å². The number of ether oxygens (including phenoxy) is 1. The van der Waals surface area contributed by atoms with E-state index < -0.39 is 0 Å². The van der Waals surface area contributed by atoms with Crippen LogP contribution in [0.25, 0.3) is 0 Å². The maximum Gasteiger partial charge on any atom is 0.123 e. The summed E-state index contributed by atoms with van der Waals surface area (Å²) in [6, 6.07) is 12.9. The Labute approximate surface area is 162 Å². The molecule has 144 valence electrons. The van der Waals surface area contributed by atoms with Crippen LogP contribution in [0.3, 0.4) is 0 Å². The first-order valence-electron chi connectivity index (χ1n) is 9.98. The lowest BCUT2D eigenvalue weighted by molar-refractivity contribution is 0.122. The van der Waals surface area contributed by atoms with Gasteiger partial charge in [-0.25, -0.2) is 0 Å². The number of hydrogen-bond acceptors (Lipinski definition) is 5. The monoisotopic (exact) mass is 366 g/mol. The molecule has 0 aliphatic carbocycles. The quantitative estimate of drug-likeness (QED) is 0.811. The summed E-state index contributed by atoms with van der Waals surface area (Å²) in [7, 11) is 3.98. The standard InChI is InChI=1S/C22H30N4O/c1-24-12-14-25(15-13-24)16-17-26-11-9-20-18(7-5-10-23-20)22(26)19-6-3-4-8-21(19)27-2/h3-8,10,22H,9,11-17H2,1-2H3. The average Bonchev–Trinajstić information content (AvgIpc) is 2.73. The van der Waals surface area contributed by atoms with Crippen molar-refractivity contribution in [3.8, 4) is 5.75 Å². The Hall–Kier alpha value is -1.95. The summed E-state index contributed by atoms with van der Waals surface area (Å²) >= 11 is 0. The van der Waals surface area contributed by atoms with Crippen LogP contribution < -0.4 is 4.74 Å². The summed E-state index contributed by atoms with van der Waals surface area (Å²) < 4.78 is 5.71. The SMILES string of the molecule is COc1ccccc1C1c2cccnc2CCN1CCN1CCN(C)CC1. The molecule has 0 bridgehead atoms. The van der Waals surface area contributed by atoms with E-state index >= 15 is 0 Å². The molecule has 1 fully saturated rings. The van der Waals surface area contributed by atoms with Crippen LogP contribution in [0, 0.1) is 0 Å². The summed E-state index contributed by atoms with van der Waals surface area (Å²) in [5.41, 5.74) is 3.79. The molecule has 0 spiro atoms. The van der Waals surface area contributed by atoms with Gasteiger partial charge in [0.25, 0.3) is 0 Å². The Balaban J connectivity index is 1.58. The Morgan fingerprint density at radius 2 is 1.74 bits per heavy atom. The van der Waals surface area contributed by atoms with E-state index in [2.05, 4.69) is 57.1 Å². The lowest BCUT2D eigenvalue weighted by Crippen LogP contribution is -2.48. The second-order valence-electron chi connectivity index (χ2n) is 7.61. The van der Waals surface area contributed by atoms with Crippen LogP contribution in [0.5, 0.6) is 5.75 Å². The summed E-state index contributed by atoms with van der Waals surface area (Å²) in [6.07, 6.45) is 2.93. The fraction of sp³-hybridized carbons (Fsp3) is 0.500. The number of likely N-dealkylation sites (N-methyl/N-ethyl adjacent to an activating group) is 1. The van der Waals surface area contributed by atoms with Crippen molar-refractivity contribution in [2.24, 2.45) is 0 Å². The smallest absolute Gasteiger partial charge is 0.123 e. The number of fused-ring (bicyclic) bond motifs is 1. The molecule has 4 rings (SSSR count). The van der Waals surface area contributed by atoms with Crippen molar-refractivity contribution in [3.63, 3.8) is 0 Å². The van der Waals surface area contributed by atoms with E-state index in [-0.39, 0.29) is 6.04 Å². The van der Waals surface area contributed by atoms with Gasteiger partial charge in [-0.3, -0.25) is 14.8 Å². The van der Waals surface area contributed by atoms with Crippen molar-refractivity contribution in [2.45, 2.75) is 12.5 Å². The third-order valence-corrected chi connectivity index (χ3v) is 5.95. The first kappa shape index (κ1) is 18.4. The second kappa shape index (κ2) is 8.38. The van der Waals surface area contributed by atoms with Gasteiger partial charge < -0.3 is 9.64 Å². The second-order valence-corrected chi connectivity index (χ2v) is 7.61. The molecule has 1 aromatic carbocycles. The molecular formula is C22H30N4O. The van der Waals surface area contributed by atoms with Gasteiger partial charge in [-0.05, 0) is 24.7 Å². The van der Waals surface area contributed by atoms with E-state index in [4.69, 9.17) is 4.74 Å². The van der Waals surface area contributed by atoms with Gasteiger partial charge in [0.1, 0.15) is 5.75 Å². The zero-order valence-corrected chi connectivity index (χ0v) is 16.5. The molecule has 1 saturated heterocycles. The highest BCUT2D eigenvalue weighted by molar-refractivity contribution is 5.44. The van der Waals surface area contributed by atoms with E-state index in [9.17, 15) is 0 Å². The minimum Gasteiger partial charge on any atom is -0.496 e. The highest BCUT2D eigenvalue weighted by Gasteiger charge is 2.31. The topological polar surface area (TPSA) is 31.8 Å². The highest BCUT2D eigenvalue weighted by Crippen LogP contribution is 2.38. The predicted octanol–water partition coefficient (Wildman–Crippen LogP) is 2.29. The lowest BCUT2D eigenvalue weighted by atomic mass is 9.90. The predicted molar refractivity (Wildman–Crippen MR) is 108 cm³/mol. The zero-order chi connectivity index (χ0) is 18.6. The van der Waals surface area contributed by atoms with E-state index in [1.165, 1.54) is 43.0 Å². The molecule has 2 aliphatic heterocycles. The van der Waals surface area contributed by atoms with E-state index in [0.29, 0.717) is 0 Å². The largest absolute Gasteiger partial charge is 0.496 e. The number of piperazine rings is 1. The molecule has 0 amide bonds. The van der Waals surface area contributed by atoms with Crippen molar-refractivity contribution >= 4 is 0 Å². The van der Waals surface area contributed by atoms with Crippen LogP contribution in [-0.4, -0.2) is 79.7 Å². The number of aromatic nitrogens is 1. The number of methoxy groups -OCH3 is 1. The molecule has 27 heavy (non-hydrogen) atoms. The number of hydrogen-bond donors (Lipinski definition) is 0. The minimum atomic E-state index is 0.214. The summed E-state index contributed by atoms with van der Waals surface area (Å²) in [4.78, 5) is 12.3. The third kappa shape index (κ3) is 4.00. The number of benzene rings is 1. The van der Waals surface area contributed by atoms with Gasteiger partial charge >= 0.3 is 0 Å². The maximum absolute atomic E-state index is 5.71. The molecule has 1 aromatic heterocycles. The van der Waals surface area contributed by atoms with E-state index in [0.717, 1.165) is 31.8 Å². The summed E-state index contributed by atoms with van der Waals surface area (Å²) in [5.74, 6) is 0.962. The zero-order valence-electron chi connectivity index (χ0n) is 16.5. The van der Waals surface area contributed by atoms with Crippen molar-refractivity contribution in [3.05, 3.63) is 59.4 Å². The van der Waals surface area contributed by atoms with Crippen LogP contribution in [0.1, 0.15) is 22.9 Å². The Morgan fingerprint density at radius 1 is 0.963 bits per heavy atom. The summed E-state index contributed by atoms with van der Waals surface area (Å²) in [6.45, 7) is 7.91. The molecule has 0 radical (unpaired) electrons. The molecule has 2 aliphatic rings. The summed E-state index contributed by atoms with van der Waals surface area (Å²) in [5, 5.41) is 0. The molecule has 0 saturated carbocycles. The van der Waals surface area contributed by atoms with Gasteiger partial charge in [0.2, 0.25) is 0 Å². The van der Waals surface area contributed by atoms with Crippen LogP contribution in [0.2, 0.25) is 0 Å². The van der Waals surface area contributed by atoms with Crippen molar-refractivity contribution in [2.75, 3.05) is 60.0 Å². The molecule has 5 heteroatoms. The van der Waals surface area contributed by atoms with Gasteiger partial charge in [0.15, 0.2) is 0 Å². The highest BCUT2D eigenvalue weighted by atomic mass is 16.5. The molecule has 5 nitrogen and oxygen atoms in total.